The molecule has 5 nitrogen and oxygen atoms in total. The third-order valence-electron chi connectivity index (χ3n) is 10.2. The molecule has 0 amide bonds. The van der Waals surface area contributed by atoms with Crippen LogP contribution in [0.5, 0.6) is 0 Å². The molecule has 2 heterocycles. The summed E-state index contributed by atoms with van der Waals surface area (Å²) in [6.07, 6.45) is 0. The molecule has 1 atom stereocenters. The second kappa shape index (κ2) is 11.4. The summed E-state index contributed by atoms with van der Waals surface area (Å²) in [4.78, 5) is 11.8. The Kier molecular flexibility index (Phi) is 6.55. The zero-order valence-electron chi connectivity index (χ0n) is 27.8. The topological polar surface area (TPSA) is 55.3 Å². The minimum atomic E-state index is -0.265. The van der Waals surface area contributed by atoms with Gasteiger partial charge in [0.1, 0.15) is 11.0 Å². The molecule has 51 heavy (non-hydrogen) atoms. The molecule has 0 spiro atoms. The largest absolute Gasteiger partial charge is 0.436 e. The zero-order valence-corrected chi connectivity index (χ0v) is 27.8. The summed E-state index contributed by atoms with van der Waals surface area (Å²) in [6, 6.07) is 59.1. The van der Waals surface area contributed by atoms with Crippen molar-refractivity contribution in [3.05, 3.63) is 187 Å². The van der Waals surface area contributed by atoms with Crippen LogP contribution in [0.2, 0.25) is 0 Å². The van der Waals surface area contributed by atoms with Crippen LogP contribution in [0.3, 0.4) is 0 Å². The lowest BCUT2D eigenvalue weighted by Gasteiger charge is -2.29. The van der Waals surface area contributed by atoms with Gasteiger partial charge in [0.15, 0.2) is 11.2 Å². The van der Waals surface area contributed by atoms with Crippen molar-refractivity contribution in [2.75, 3.05) is 4.90 Å². The van der Waals surface area contributed by atoms with E-state index in [2.05, 4.69) is 133 Å². The number of nitrogens with zero attached hydrogens (tertiary/aromatic N) is 3. The molecular formula is C46H31N3O2. The van der Waals surface area contributed by atoms with Crippen LogP contribution in [0.1, 0.15) is 23.6 Å². The highest BCUT2D eigenvalue weighted by atomic mass is 16.4. The molecule has 2 aromatic heterocycles. The molecule has 0 saturated carbocycles. The van der Waals surface area contributed by atoms with E-state index in [1.807, 2.05) is 48.5 Å². The molecule has 0 radical (unpaired) electrons. The van der Waals surface area contributed by atoms with Gasteiger partial charge in [0.2, 0.25) is 11.8 Å². The molecule has 1 aliphatic rings. The number of anilines is 3. The molecule has 0 saturated heterocycles. The molecule has 5 heteroatoms. The molecule has 242 valence electrons. The summed E-state index contributed by atoms with van der Waals surface area (Å²) in [5.74, 6) is 1.21. The van der Waals surface area contributed by atoms with Crippen LogP contribution >= 0.6 is 0 Å². The Labute approximate surface area is 295 Å². The minimum absolute atomic E-state index is 0.265. The average Bonchev–Trinajstić information content (AvgIpc) is 3.90. The molecule has 9 aromatic rings. The van der Waals surface area contributed by atoms with Crippen LogP contribution in [0, 0.1) is 0 Å². The molecule has 0 aliphatic heterocycles. The third-order valence-corrected chi connectivity index (χ3v) is 10.2. The number of benzene rings is 7. The highest BCUT2D eigenvalue weighted by Crippen LogP contribution is 2.53. The molecule has 0 bridgehead atoms. The fourth-order valence-corrected chi connectivity index (χ4v) is 7.66. The Morgan fingerprint density at radius 1 is 0.451 bits per heavy atom. The maximum absolute atomic E-state index is 6.10. The number of aromatic nitrogens is 2. The molecule has 0 fully saturated rings. The normalized spacial score (nSPS) is 14.8. The zero-order chi connectivity index (χ0) is 33.9. The molecule has 10 rings (SSSR count). The number of hydrogen-bond donors (Lipinski definition) is 0. The lowest BCUT2D eigenvalue weighted by molar-refractivity contribution is 0.619. The fourth-order valence-electron chi connectivity index (χ4n) is 7.66. The monoisotopic (exact) mass is 657 g/mol. The third kappa shape index (κ3) is 4.70. The van der Waals surface area contributed by atoms with Crippen molar-refractivity contribution < 1.29 is 8.83 Å². The molecule has 7 aromatic carbocycles. The predicted octanol–water partition coefficient (Wildman–Crippen LogP) is 12.1. The van der Waals surface area contributed by atoms with Crippen LogP contribution in [0.15, 0.2) is 179 Å². The van der Waals surface area contributed by atoms with Crippen molar-refractivity contribution >= 4 is 39.3 Å². The van der Waals surface area contributed by atoms with Crippen LogP contribution in [0.25, 0.3) is 56.2 Å². The SMILES string of the molecule is CC1(c2ccccc2)c2ccccc2-c2cc(N(c3ccc(-c4nc5ccccc5o4)cc3)c3ccc(-c4nc5ccccc5o4)cc3)ccc21. The van der Waals surface area contributed by atoms with Crippen molar-refractivity contribution in [2.45, 2.75) is 12.3 Å². The van der Waals surface area contributed by atoms with E-state index in [4.69, 9.17) is 18.8 Å². The molecule has 1 unspecified atom stereocenters. The number of oxazole rings is 2. The van der Waals surface area contributed by atoms with Gasteiger partial charge in [-0.15, -0.1) is 0 Å². The summed E-state index contributed by atoms with van der Waals surface area (Å²) < 4.78 is 12.2. The maximum Gasteiger partial charge on any atom is 0.227 e. The van der Waals surface area contributed by atoms with Gasteiger partial charge in [-0.3, -0.25) is 0 Å². The van der Waals surface area contributed by atoms with Crippen molar-refractivity contribution in [2.24, 2.45) is 0 Å². The molecular weight excluding hydrogens is 627 g/mol. The lowest BCUT2D eigenvalue weighted by atomic mass is 9.74. The van der Waals surface area contributed by atoms with Crippen molar-refractivity contribution in [3.63, 3.8) is 0 Å². The van der Waals surface area contributed by atoms with Gasteiger partial charge in [-0.05, 0) is 120 Å². The second-order valence-electron chi connectivity index (χ2n) is 13.2. The van der Waals surface area contributed by atoms with Gasteiger partial charge >= 0.3 is 0 Å². The quantitative estimate of drug-likeness (QED) is 0.178. The second-order valence-corrected chi connectivity index (χ2v) is 13.2. The van der Waals surface area contributed by atoms with Gasteiger partial charge < -0.3 is 13.7 Å². The van der Waals surface area contributed by atoms with Gasteiger partial charge in [-0.1, -0.05) is 84.9 Å². The lowest BCUT2D eigenvalue weighted by Crippen LogP contribution is -2.22. The Bertz CT molecular complexity index is 2530. The summed E-state index contributed by atoms with van der Waals surface area (Å²) in [5.41, 5.74) is 14.3. The van der Waals surface area contributed by atoms with E-state index in [0.717, 1.165) is 50.4 Å². The van der Waals surface area contributed by atoms with Crippen LogP contribution < -0.4 is 4.90 Å². The van der Waals surface area contributed by atoms with Crippen molar-refractivity contribution in [1.29, 1.82) is 0 Å². The van der Waals surface area contributed by atoms with Crippen LogP contribution in [0.4, 0.5) is 17.1 Å². The number of fused-ring (bicyclic) bond motifs is 5. The first-order valence-corrected chi connectivity index (χ1v) is 17.2. The summed E-state index contributed by atoms with van der Waals surface area (Å²) in [5, 5.41) is 0. The van der Waals surface area contributed by atoms with Gasteiger partial charge in [-0.25, -0.2) is 9.97 Å². The summed E-state index contributed by atoms with van der Waals surface area (Å²) in [6.45, 7) is 2.35. The first-order chi connectivity index (χ1) is 25.1. The summed E-state index contributed by atoms with van der Waals surface area (Å²) in [7, 11) is 0. The molecule has 0 N–H and O–H groups in total. The van der Waals surface area contributed by atoms with E-state index >= 15 is 0 Å². The Hall–Kier alpha value is -6.72. The van der Waals surface area contributed by atoms with Gasteiger partial charge in [0.25, 0.3) is 0 Å². The standard InChI is InChI=1S/C46H31N3O2/c1-46(32-11-3-2-4-12-32)38-14-6-5-13-36(38)37-29-35(27-28-39(37)46)49(33-23-19-30(20-24-33)44-47-40-15-7-9-17-42(40)50-44)34-25-21-31(22-26-34)45-48-41-16-8-10-18-43(41)51-45/h2-29H,1H3. The van der Waals surface area contributed by atoms with E-state index in [-0.39, 0.29) is 5.41 Å². The Balaban J connectivity index is 1.10. The highest BCUT2D eigenvalue weighted by Gasteiger charge is 2.40. The van der Waals surface area contributed by atoms with Gasteiger partial charge in [-0.2, -0.15) is 0 Å². The average molecular weight is 658 g/mol. The highest BCUT2D eigenvalue weighted by molar-refractivity contribution is 5.88. The first-order valence-electron chi connectivity index (χ1n) is 17.2. The predicted molar refractivity (Wildman–Crippen MR) is 205 cm³/mol. The van der Waals surface area contributed by atoms with Crippen molar-refractivity contribution in [1.82, 2.24) is 9.97 Å². The minimum Gasteiger partial charge on any atom is -0.436 e. The van der Waals surface area contributed by atoms with Gasteiger partial charge in [0, 0.05) is 33.6 Å². The van der Waals surface area contributed by atoms with Crippen molar-refractivity contribution in [3.8, 4) is 34.0 Å². The maximum atomic E-state index is 6.10. The fraction of sp³-hybridized carbons (Fsp3) is 0.0435. The van der Waals surface area contributed by atoms with E-state index in [1.54, 1.807) is 0 Å². The van der Waals surface area contributed by atoms with E-state index in [0.29, 0.717) is 11.8 Å². The summed E-state index contributed by atoms with van der Waals surface area (Å²) >= 11 is 0. The smallest absolute Gasteiger partial charge is 0.227 e. The Morgan fingerprint density at radius 3 is 1.53 bits per heavy atom. The first kappa shape index (κ1) is 29.2. The number of rotatable bonds is 6. The Morgan fingerprint density at radius 2 is 0.941 bits per heavy atom. The van der Waals surface area contributed by atoms with Crippen LogP contribution in [-0.4, -0.2) is 9.97 Å². The number of para-hydroxylation sites is 4. The number of hydrogen-bond acceptors (Lipinski definition) is 5. The molecule has 1 aliphatic carbocycles. The van der Waals surface area contributed by atoms with Crippen LogP contribution in [-0.2, 0) is 5.41 Å². The van der Waals surface area contributed by atoms with E-state index in [1.165, 1.54) is 27.8 Å². The van der Waals surface area contributed by atoms with E-state index < -0.39 is 0 Å². The van der Waals surface area contributed by atoms with E-state index in [9.17, 15) is 0 Å². The van der Waals surface area contributed by atoms with Gasteiger partial charge in [0.05, 0.1) is 0 Å².